The number of carboxylic acid groups (broad SMARTS) is 1. The Morgan fingerprint density at radius 1 is 1.40 bits per heavy atom. The SMILES string of the molecule is CCOC(COC(C)C(F)(F)F)C(=O)O. The molecule has 2 unspecified atom stereocenters. The zero-order valence-electron chi connectivity index (χ0n) is 8.37. The lowest BCUT2D eigenvalue weighted by atomic mass is 10.3. The van der Waals surface area contributed by atoms with Crippen LogP contribution in [0.15, 0.2) is 0 Å². The molecule has 0 spiro atoms. The Morgan fingerprint density at radius 2 is 1.93 bits per heavy atom. The molecule has 0 saturated heterocycles. The van der Waals surface area contributed by atoms with Crippen molar-refractivity contribution in [3.63, 3.8) is 0 Å². The number of hydrogen-bond acceptors (Lipinski definition) is 3. The molecular formula is C8H13F3O4. The fourth-order valence-corrected chi connectivity index (χ4v) is 0.718. The summed E-state index contributed by atoms with van der Waals surface area (Å²) >= 11 is 0. The van der Waals surface area contributed by atoms with Gasteiger partial charge >= 0.3 is 12.1 Å². The summed E-state index contributed by atoms with van der Waals surface area (Å²) in [6.07, 6.45) is -7.85. The first kappa shape index (κ1) is 14.2. The molecule has 90 valence electrons. The summed E-state index contributed by atoms with van der Waals surface area (Å²) in [4.78, 5) is 10.5. The van der Waals surface area contributed by atoms with Crippen molar-refractivity contribution in [1.29, 1.82) is 0 Å². The van der Waals surface area contributed by atoms with Crippen LogP contribution < -0.4 is 0 Å². The van der Waals surface area contributed by atoms with Crippen LogP contribution in [0.1, 0.15) is 13.8 Å². The van der Waals surface area contributed by atoms with E-state index in [0.29, 0.717) is 0 Å². The monoisotopic (exact) mass is 230 g/mol. The Morgan fingerprint density at radius 3 is 2.27 bits per heavy atom. The lowest BCUT2D eigenvalue weighted by Gasteiger charge is -2.19. The van der Waals surface area contributed by atoms with Gasteiger partial charge in [-0.1, -0.05) is 0 Å². The first-order chi connectivity index (χ1) is 6.79. The van der Waals surface area contributed by atoms with Gasteiger partial charge in [0.05, 0.1) is 6.61 Å². The van der Waals surface area contributed by atoms with E-state index in [1.807, 2.05) is 0 Å². The van der Waals surface area contributed by atoms with Gasteiger partial charge in [0.1, 0.15) is 0 Å². The van der Waals surface area contributed by atoms with E-state index >= 15 is 0 Å². The van der Waals surface area contributed by atoms with Crippen molar-refractivity contribution >= 4 is 5.97 Å². The fraction of sp³-hybridized carbons (Fsp3) is 0.875. The number of aliphatic carboxylic acids is 1. The first-order valence-electron chi connectivity index (χ1n) is 4.31. The van der Waals surface area contributed by atoms with E-state index in [0.717, 1.165) is 6.92 Å². The van der Waals surface area contributed by atoms with Crippen molar-refractivity contribution in [1.82, 2.24) is 0 Å². The molecule has 2 atom stereocenters. The molecule has 0 aliphatic rings. The van der Waals surface area contributed by atoms with E-state index in [4.69, 9.17) is 5.11 Å². The molecule has 0 saturated carbocycles. The Bertz CT molecular complexity index is 205. The lowest BCUT2D eigenvalue weighted by molar-refractivity contribution is -0.222. The van der Waals surface area contributed by atoms with Crippen LogP contribution in [-0.4, -0.2) is 42.7 Å². The molecule has 0 aromatic rings. The molecule has 0 amide bonds. The third-order valence-corrected chi connectivity index (χ3v) is 1.60. The van der Waals surface area contributed by atoms with Crippen molar-refractivity contribution in [2.45, 2.75) is 32.2 Å². The zero-order chi connectivity index (χ0) is 12.1. The van der Waals surface area contributed by atoms with Gasteiger partial charge in [-0.3, -0.25) is 0 Å². The molecule has 0 rings (SSSR count). The predicted molar refractivity (Wildman–Crippen MR) is 44.5 cm³/mol. The predicted octanol–water partition coefficient (Wildman–Crippen LogP) is 1.44. The quantitative estimate of drug-likeness (QED) is 0.750. The van der Waals surface area contributed by atoms with Crippen LogP contribution >= 0.6 is 0 Å². The highest BCUT2D eigenvalue weighted by molar-refractivity contribution is 5.72. The number of halogens is 3. The number of alkyl halides is 3. The Hall–Kier alpha value is -0.820. The molecule has 0 bridgehead atoms. The van der Waals surface area contributed by atoms with E-state index in [9.17, 15) is 18.0 Å². The lowest BCUT2D eigenvalue weighted by Crippen LogP contribution is -2.35. The van der Waals surface area contributed by atoms with Crippen LogP contribution in [0.5, 0.6) is 0 Å². The van der Waals surface area contributed by atoms with Crippen molar-refractivity contribution in [2.24, 2.45) is 0 Å². The van der Waals surface area contributed by atoms with Crippen LogP contribution in [-0.2, 0) is 14.3 Å². The van der Waals surface area contributed by atoms with Gasteiger partial charge in [0.15, 0.2) is 12.2 Å². The highest BCUT2D eigenvalue weighted by atomic mass is 19.4. The fourth-order valence-electron chi connectivity index (χ4n) is 0.718. The van der Waals surface area contributed by atoms with Crippen LogP contribution in [0.3, 0.4) is 0 Å². The summed E-state index contributed by atoms with van der Waals surface area (Å²) in [5, 5.41) is 8.53. The molecule has 0 radical (unpaired) electrons. The smallest absolute Gasteiger partial charge is 0.414 e. The van der Waals surface area contributed by atoms with E-state index in [2.05, 4.69) is 9.47 Å². The van der Waals surface area contributed by atoms with Gasteiger partial charge in [0.2, 0.25) is 0 Å². The molecule has 0 aliphatic heterocycles. The summed E-state index contributed by atoms with van der Waals surface area (Å²) in [6.45, 7) is 1.83. The molecule has 1 N–H and O–H groups in total. The third kappa shape index (κ3) is 5.58. The molecule has 0 heterocycles. The molecule has 0 aliphatic carbocycles. The number of carboxylic acids is 1. The molecule has 4 nitrogen and oxygen atoms in total. The van der Waals surface area contributed by atoms with Gasteiger partial charge in [0, 0.05) is 6.61 Å². The molecular weight excluding hydrogens is 217 g/mol. The Balaban J connectivity index is 4.05. The second kappa shape index (κ2) is 5.92. The minimum Gasteiger partial charge on any atom is -0.479 e. The number of rotatable bonds is 6. The normalized spacial score (nSPS) is 16.1. The van der Waals surface area contributed by atoms with Gasteiger partial charge in [-0.25, -0.2) is 4.79 Å². The second-order valence-corrected chi connectivity index (χ2v) is 2.80. The number of hydrogen-bond donors (Lipinski definition) is 1. The van der Waals surface area contributed by atoms with Crippen LogP contribution in [0.2, 0.25) is 0 Å². The van der Waals surface area contributed by atoms with E-state index in [-0.39, 0.29) is 6.61 Å². The zero-order valence-corrected chi connectivity index (χ0v) is 8.37. The molecule has 15 heavy (non-hydrogen) atoms. The topological polar surface area (TPSA) is 55.8 Å². The maximum atomic E-state index is 12.0. The average molecular weight is 230 g/mol. The maximum Gasteiger partial charge on any atom is 0.414 e. The van der Waals surface area contributed by atoms with E-state index in [1.165, 1.54) is 0 Å². The summed E-state index contributed by atoms with van der Waals surface area (Å²) in [6, 6.07) is 0. The first-order valence-corrected chi connectivity index (χ1v) is 4.31. The minimum absolute atomic E-state index is 0.0979. The average Bonchev–Trinajstić information content (AvgIpc) is 2.09. The summed E-state index contributed by atoms with van der Waals surface area (Å²) in [7, 11) is 0. The molecule has 0 aromatic carbocycles. The van der Waals surface area contributed by atoms with Crippen molar-refractivity contribution in [3.8, 4) is 0 Å². The van der Waals surface area contributed by atoms with Gasteiger partial charge in [-0.15, -0.1) is 0 Å². The number of ether oxygens (including phenoxy) is 2. The second-order valence-electron chi connectivity index (χ2n) is 2.80. The van der Waals surface area contributed by atoms with Crippen LogP contribution in [0, 0.1) is 0 Å². The minimum atomic E-state index is -4.49. The molecule has 7 heteroatoms. The van der Waals surface area contributed by atoms with Crippen molar-refractivity contribution < 1.29 is 32.5 Å². The summed E-state index contributed by atoms with van der Waals surface area (Å²) in [5.74, 6) is -1.34. The largest absolute Gasteiger partial charge is 0.479 e. The van der Waals surface area contributed by atoms with Gasteiger partial charge in [0.25, 0.3) is 0 Å². The molecule has 0 aromatic heterocycles. The van der Waals surface area contributed by atoms with Gasteiger partial charge in [-0.05, 0) is 13.8 Å². The maximum absolute atomic E-state index is 12.0. The standard InChI is InChI=1S/C8H13F3O4/c1-3-14-6(7(12)13)4-15-5(2)8(9,10)11/h5-6H,3-4H2,1-2H3,(H,12,13). The van der Waals surface area contributed by atoms with Crippen LogP contribution in [0.25, 0.3) is 0 Å². The highest BCUT2D eigenvalue weighted by Crippen LogP contribution is 2.22. The van der Waals surface area contributed by atoms with Crippen molar-refractivity contribution in [3.05, 3.63) is 0 Å². The Kier molecular flexibility index (Phi) is 5.59. The Labute approximate surface area is 85.0 Å². The van der Waals surface area contributed by atoms with Crippen LogP contribution in [0.4, 0.5) is 13.2 Å². The molecule has 0 fully saturated rings. The number of carbonyl (C=O) groups is 1. The van der Waals surface area contributed by atoms with Crippen molar-refractivity contribution in [2.75, 3.05) is 13.2 Å². The van der Waals surface area contributed by atoms with E-state index in [1.54, 1.807) is 6.92 Å². The third-order valence-electron chi connectivity index (χ3n) is 1.60. The van der Waals surface area contributed by atoms with Gasteiger partial charge < -0.3 is 14.6 Å². The summed E-state index contributed by atoms with van der Waals surface area (Å²) in [5.41, 5.74) is 0. The van der Waals surface area contributed by atoms with E-state index < -0.39 is 31.0 Å². The van der Waals surface area contributed by atoms with Gasteiger partial charge in [-0.2, -0.15) is 13.2 Å². The highest BCUT2D eigenvalue weighted by Gasteiger charge is 2.37. The summed E-state index contributed by atoms with van der Waals surface area (Å²) < 4.78 is 44.9.